The molecule has 7 heteroatoms. The fourth-order valence-electron chi connectivity index (χ4n) is 2.94. The molecule has 1 saturated heterocycles. The van der Waals surface area contributed by atoms with Gasteiger partial charge in [0.1, 0.15) is 6.04 Å². The number of hydrogen-bond donors (Lipinski definition) is 1. The Morgan fingerprint density at radius 1 is 1.17 bits per heavy atom. The highest BCUT2D eigenvalue weighted by molar-refractivity contribution is 7.91. The predicted octanol–water partition coefficient (Wildman–Crippen LogP) is 1.79. The van der Waals surface area contributed by atoms with E-state index < -0.39 is 27.3 Å². The van der Waals surface area contributed by atoms with Gasteiger partial charge in [-0.25, -0.2) is 8.42 Å². The van der Waals surface area contributed by atoms with E-state index in [1.54, 1.807) is 0 Å². The van der Waals surface area contributed by atoms with E-state index in [-0.39, 0.29) is 17.4 Å². The molecule has 1 amide bonds. The molecule has 1 aliphatic heterocycles. The number of amides is 1. The van der Waals surface area contributed by atoms with E-state index in [2.05, 4.69) is 5.32 Å². The average molecular weight is 367 g/mol. The fourth-order valence-corrected chi connectivity index (χ4v) is 5.49. The lowest BCUT2D eigenvalue weighted by molar-refractivity contribution is -0.124. The zero-order valence-electron chi connectivity index (χ0n) is 13.0. The monoisotopic (exact) mass is 366 g/mol. The van der Waals surface area contributed by atoms with Gasteiger partial charge in [-0.3, -0.25) is 4.79 Å². The van der Waals surface area contributed by atoms with Crippen LogP contribution >= 0.6 is 11.6 Å². The van der Waals surface area contributed by atoms with Gasteiger partial charge in [-0.1, -0.05) is 30.3 Å². The van der Waals surface area contributed by atoms with Gasteiger partial charge in [0.05, 0.1) is 22.9 Å². The van der Waals surface area contributed by atoms with E-state index in [0.29, 0.717) is 6.42 Å². The van der Waals surface area contributed by atoms with E-state index in [4.69, 9.17) is 11.6 Å². The molecule has 0 aliphatic carbocycles. The SMILES string of the molecule is O=C(NC1CS(=O)(=O)CC1Cl)C(Cc1ccccc1)n1cccc1. The van der Waals surface area contributed by atoms with E-state index in [0.717, 1.165) is 5.56 Å². The van der Waals surface area contributed by atoms with Crippen molar-refractivity contribution < 1.29 is 13.2 Å². The van der Waals surface area contributed by atoms with Crippen molar-refractivity contribution in [2.24, 2.45) is 0 Å². The predicted molar refractivity (Wildman–Crippen MR) is 93.8 cm³/mol. The van der Waals surface area contributed by atoms with Crippen LogP contribution in [0.1, 0.15) is 11.6 Å². The van der Waals surface area contributed by atoms with Gasteiger partial charge in [-0.2, -0.15) is 0 Å². The number of halogens is 1. The third-order valence-corrected chi connectivity index (χ3v) is 6.55. The molecule has 3 rings (SSSR count). The first-order valence-corrected chi connectivity index (χ1v) is 10.0. The minimum Gasteiger partial charge on any atom is -0.349 e. The normalized spacial score (nSPS) is 23.7. The van der Waals surface area contributed by atoms with Crippen LogP contribution in [-0.4, -0.2) is 41.8 Å². The summed E-state index contributed by atoms with van der Waals surface area (Å²) in [6.07, 6.45) is 4.18. The summed E-state index contributed by atoms with van der Waals surface area (Å²) in [4.78, 5) is 12.8. The Labute approximate surface area is 146 Å². The number of nitrogens with zero attached hydrogens (tertiary/aromatic N) is 1. The molecule has 1 fully saturated rings. The Hall–Kier alpha value is -1.79. The number of nitrogens with one attached hydrogen (secondary N) is 1. The number of carbonyl (C=O) groups is 1. The smallest absolute Gasteiger partial charge is 0.243 e. The summed E-state index contributed by atoms with van der Waals surface area (Å²) in [5.74, 6) is -0.411. The standard InChI is InChI=1S/C17H19ClN2O3S/c18-14-11-24(22,23)12-15(14)19-17(21)16(20-8-4-5-9-20)10-13-6-2-1-3-7-13/h1-9,14-16H,10-12H2,(H,19,21). The lowest BCUT2D eigenvalue weighted by atomic mass is 10.0. The molecule has 1 aliphatic rings. The summed E-state index contributed by atoms with van der Waals surface area (Å²) in [6, 6.07) is 12.4. The Kier molecular flexibility index (Phi) is 4.96. The topological polar surface area (TPSA) is 68.2 Å². The number of rotatable bonds is 5. The van der Waals surface area contributed by atoms with Crippen molar-refractivity contribution in [2.45, 2.75) is 23.9 Å². The summed E-state index contributed by atoms with van der Waals surface area (Å²) < 4.78 is 25.2. The largest absolute Gasteiger partial charge is 0.349 e. The van der Waals surface area contributed by atoms with Gasteiger partial charge in [0.15, 0.2) is 9.84 Å². The van der Waals surface area contributed by atoms with Crippen LogP contribution in [0.2, 0.25) is 0 Å². The van der Waals surface area contributed by atoms with Crippen LogP contribution in [0.4, 0.5) is 0 Å². The van der Waals surface area contributed by atoms with Crippen LogP contribution in [0.25, 0.3) is 0 Å². The first kappa shape index (κ1) is 17.0. The van der Waals surface area contributed by atoms with Gasteiger partial charge in [0, 0.05) is 18.8 Å². The van der Waals surface area contributed by atoms with Crippen LogP contribution in [0.3, 0.4) is 0 Å². The summed E-state index contributed by atoms with van der Waals surface area (Å²) in [6.45, 7) is 0. The van der Waals surface area contributed by atoms with Crippen LogP contribution in [0, 0.1) is 0 Å². The molecule has 128 valence electrons. The number of hydrogen-bond acceptors (Lipinski definition) is 3. The summed E-state index contributed by atoms with van der Waals surface area (Å²) in [5.41, 5.74) is 1.04. The number of sulfone groups is 1. The molecule has 3 unspecified atom stereocenters. The zero-order valence-corrected chi connectivity index (χ0v) is 14.6. The molecule has 1 aromatic carbocycles. The molecule has 0 spiro atoms. The fraction of sp³-hybridized carbons (Fsp3) is 0.353. The highest BCUT2D eigenvalue weighted by Gasteiger charge is 2.38. The van der Waals surface area contributed by atoms with Gasteiger partial charge in [0.2, 0.25) is 5.91 Å². The van der Waals surface area contributed by atoms with Crippen LogP contribution < -0.4 is 5.32 Å². The zero-order chi connectivity index (χ0) is 17.2. The highest BCUT2D eigenvalue weighted by Crippen LogP contribution is 2.20. The van der Waals surface area contributed by atoms with E-state index in [1.165, 1.54) is 0 Å². The van der Waals surface area contributed by atoms with Gasteiger partial charge in [0.25, 0.3) is 0 Å². The summed E-state index contributed by atoms with van der Waals surface area (Å²) >= 11 is 6.10. The molecule has 2 aromatic rings. The van der Waals surface area contributed by atoms with Crippen molar-refractivity contribution >= 4 is 27.3 Å². The first-order valence-electron chi connectivity index (χ1n) is 7.76. The average Bonchev–Trinajstić information content (AvgIpc) is 3.14. The Bertz CT molecular complexity index is 791. The van der Waals surface area contributed by atoms with E-state index in [9.17, 15) is 13.2 Å². The third kappa shape index (κ3) is 3.99. The van der Waals surface area contributed by atoms with Crippen molar-refractivity contribution in [3.05, 3.63) is 60.4 Å². The minimum atomic E-state index is -3.18. The highest BCUT2D eigenvalue weighted by atomic mass is 35.5. The summed E-state index contributed by atoms with van der Waals surface area (Å²) in [7, 11) is -3.18. The van der Waals surface area contributed by atoms with E-state index in [1.807, 2.05) is 59.4 Å². The third-order valence-electron chi connectivity index (χ3n) is 4.17. The summed E-state index contributed by atoms with van der Waals surface area (Å²) in [5, 5.41) is 2.24. The lowest BCUT2D eigenvalue weighted by Crippen LogP contribution is -2.44. The molecule has 24 heavy (non-hydrogen) atoms. The lowest BCUT2D eigenvalue weighted by Gasteiger charge is -2.22. The number of alkyl halides is 1. The first-order chi connectivity index (χ1) is 11.4. The van der Waals surface area contributed by atoms with Crippen molar-refractivity contribution in [3.63, 3.8) is 0 Å². The molecule has 5 nitrogen and oxygen atoms in total. The molecule has 0 radical (unpaired) electrons. The van der Waals surface area contributed by atoms with Gasteiger partial charge in [-0.05, 0) is 17.7 Å². The maximum absolute atomic E-state index is 12.8. The van der Waals surface area contributed by atoms with Gasteiger partial charge >= 0.3 is 0 Å². The van der Waals surface area contributed by atoms with Crippen LogP contribution in [-0.2, 0) is 21.1 Å². The van der Waals surface area contributed by atoms with Crippen molar-refractivity contribution in [1.82, 2.24) is 9.88 Å². The van der Waals surface area contributed by atoms with Crippen LogP contribution in [0.5, 0.6) is 0 Å². The Balaban J connectivity index is 1.77. The molecule has 0 saturated carbocycles. The second kappa shape index (κ2) is 6.99. The quantitative estimate of drug-likeness (QED) is 0.820. The second-order valence-electron chi connectivity index (χ2n) is 6.04. The van der Waals surface area contributed by atoms with Crippen LogP contribution in [0.15, 0.2) is 54.9 Å². The molecule has 0 bridgehead atoms. The Morgan fingerprint density at radius 2 is 1.83 bits per heavy atom. The molecule has 2 heterocycles. The van der Waals surface area contributed by atoms with Gasteiger partial charge in [-0.15, -0.1) is 11.6 Å². The molecule has 3 atom stereocenters. The van der Waals surface area contributed by atoms with Gasteiger partial charge < -0.3 is 9.88 Å². The number of benzene rings is 1. The Morgan fingerprint density at radius 3 is 2.42 bits per heavy atom. The minimum absolute atomic E-state index is 0.0909. The van der Waals surface area contributed by atoms with E-state index >= 15 is 0 Å². The maximum atomic E-state index is 12.8. The second-order valence-corrected chi connectivity index (χ2v) is 8.76. The molecule has 1 aromatic heterocycles. The van der Waals surface area contributed by atoms with Crippen molar-refractivity contribution in [2.75, 3.05) is 11.5 Å². The maximum Gasteiger partial charge on any atom is 0.243 e. The van der Waals surface area contributed by atoms with Crippen molar-refractivity contribution in [3.8, 4) is 0 Å². The molecular formula is C17H19ClN2O3S. The van der Waals surface area contributed by atoms with Crippen molar-refractivity contribution in [1.29, 1.82) is 0 Å². The molecule has 1 N–H and O–H groups in total. The number of aromatic nitrogens is 1. The molecular weight excluding hydrogens is 348 g/mol. The number of carbonyl (C=O) groups excluding carboxylic acids is 1.